The lowest BCUT2D eigenvalue weighted by Gasteiger charge is -1.89. The number of ether oxygens (including phenoxy) is 1. The maximum absolute atomic E-state index is 10.6. The van der Waals surface area contributed by atoms with Crippen LogP contribution >= 0.6 is 0 Å². The summed E-state index contributed by atoms with van der Waals surface area (Å²) in [6, 6.07) is 0. The maximum Gasteiger partial charge on any atom is 0.155 e. The summed E-state index contributed by atoms with van der Waals surface area (Å²) in [4.78, 5) is 0. The van der Waals surface area contributed by atoms with Crippen LogP contribution in [-0.2, 0) is 14.6 Å². The van der Waals surface area contributed by atoms with E-state index in [0.29, 0.717) is 0 Å². The van der Waals surface area contributed by atoms with Crippen molar-refractivity contribution in [1.29, 1.82) is 0 Å². The van der Waals surface area contributed by atoms with E-state index in [1.807, 2.05) is 0 Å². The second-order valence-electron chi connectivity index (χ2n) is 2.29. The third kappa shape index (κ3) is 0.563. The molecule has 0 bridgehead atoms. The average molecular weight is 134 g/mol. The summed E-state index contributed by atoms with van der Waals surface area (Å²) >= 11 is 0. The summed E-state index contributed by atoms with van der Waals surface area (Å²) in [5, 5.41) is 0. The van der Waals surface area contributed by atoms with E-state index in [1.165, 1.54) is 0 Å². The van der Waals surface area contributed by atoms with Crippen LogP contribution in [-0.4, -0.2) is 32.1 Å². The predicted molar refractivity (Wildman–Crippen MR) is 27.3 cm³/mol. The number of rotatable bonds is 0. The van der Waals surface area contributed by atoms with Crippen LogP contribution in [0.1, 0.15) is 0 Å². The second-order valence-corrected chi connectivity index (χ2v) is 4.44. The molecule has 2 aliphatic rings. The zero-order chi connectivity index (χ0) is 5.78. The smallest absolute Gasteiger partial charge is 0.155 e. The summed E-state index contributed by atoms with van der Waals surface area (Å²) in [5.41, 5.74) is 0. The molecule has 0 aromatic rings. The molecule has 46 valence electrons. The highest BCUT2D eigenvalue weighted by molar-refractivity contribution is 7.91. The highest BCUT2D eigenvalue weighted by atomic mass is 32.2. The van der Waals surface area contributed by atoms with Gasteiger partial charge in [-0.1, -0.05) is 0 Å². The van der Waals surface area contributed by atoms with Crippen LogP contribution < -0.4 is 0 Å². The van der Waals surface area contributed by atoms with Gasteiger partial charge in [-0.3, -0.25) is 0 Å². The van der Waals surface area contributed by atoms with Gasteiger partial charge in [-0.05, 0) is 0 Å². The zero-order valence-electron chi connectivity index (χ0n) is 4.20. The van der Waals surface area contributed by atoms with Gasteiger partial charge < -0.3 is 4.74 Å². The van der Waals surface area contributed by atoms with Crippen LogP contribution in [0, 0.1) is 0 Å². The van der Waals surface area contributed by atoms with Gasteiger partial charge in [0.25, 0.3) is 0 Å². The lowest BCUT2D eigenvalue weighted by atomic mass is 10.4. The Morgan fingerprint density at radius 1 is 1.25 bits per heavy atom. The molecule has 0 aromatic carbocycles. The third-order valence-corrected chi connectivity index (χ3v) is 3.20. The Labute approximate surface area is 47.6 Å². The Hall–Kier alpha value is -0.0900. The van der Waals surface area contributed by atoms with E-state index in [0.717, 1.165) is 0 Å². The molecule has 0 amide bonds. The molecule has 4 heteroatoms. The van der Waals surface area contributed by atoms with Crippen LogP contribution in [0.25, 0.3) is 0 Å². The quantitative estimate of drug-likeness (QED) is 0.407. The number of fused-ring (bicyclic) bond motifs is 1. The van der Waals surface area contributed by atoms with E-state index in [1.54, 1.807) is 0 Å². The minimum absolute atomic E-state index is 0.0694. The molecular formula is C4H6O3S. The van der Waals surface area contributed by atoms with Crippen molar-refractivity contribution in [2.45, 2.75) is 12.2 Å². The van der Waals surface area contributed by atoms with Crippen molar-refractivity contribution >= 4 is 9.84 Å². The van der Waals surface area contributed by atoms with E-state index in [-0.39, 0.29) is 23.7 Å². The Balaban J connectivity index is 2.30. The number of sulfone groups is 1. The van der Waals surface area contributed by atoms with Gasteiger partial charge >= 0.3 is 0 Å². The Morgan fingerprint density at radius 2 is 1.75 bits per heavy atom. The molecule has 2 heterocycles. The van der Waals surface area contributed by atoms with Crippen molar-refractivity contribution in [2.75, 3.05) is 11.5 Å². The highest BCUT2D eigenvalue weighted by Crippen LogP contribution is 2.31. The molecule has 0 aromatic heterocycles. The Morgan fingerprint density at radius 3 is 2.00 bits per heavy atom. The molecule has 2 fully saturated rings. The molecule has 2 aliphatic heterocycles. The van der Waals surface area contributed by atoms with E-state index in [9.17, 15) is 8.42 Å². The van der Waals surface area contributed by atoms with Gasteiger partial charge in [0.15, 0.2) is 9.84 Å². The fraction of sp³-hybridized carbons (Fsp3) is 1.00. The van der Waals surface area contributed by atoms with Crippen LogP contribution in [0.2, 0.25) is 0 Å². The molecule has 2 atom stereocenters. The normalized spacial score (nSPS) is 48.5. The minimum atomic E-state index is -2.67. The average Bonchev–Trinajstić information content (AvgIpc) is 2.11. The summed E-state index contributed by atoms with van der Waals surface area (Å²) in [6.07, 6.45) is 0.139. The molecule has 2 rings (SSSR count). The molecule has 0 saturated carbocycles. The fourth-order valence-electron chi connectivity index (χ4n) is 1.04. The summed E-state index contributed by atoms with van der Waals surface area (Å²) in [6.45, 7) is 0. The summed E-state index contributed by atoms with van der Waals surface area (Å²) in [5.74, 6) is 0.523. The number of hydrogen-bond donors (Lipinski definition) is 0. The van der Waals surface area contributed by atoms with Gasteiger partial charge in [0.05, 0.1) is 23.7 Å². The van der Waals surface area contributed by atoms with Gasteiger partial charge in [-0.25, -0.2) is 8.42 Å². The number of epoxide rings is 1. The molecule has 0 aliphatic carbocycles. The van der Waals surface area contributed by atoms with Crippen LogP contribution in [0.15, 0.2) is 0 Å². The molecular weight excluding hydrogens is 128 g/mol. The summed E-state index contributed by atoms with van der Waals surface area (Å²) < 4.78 is 26.1. The molecule has 0 radical (unpaired) electrons. The second kappa shape index (κ2) is 1.09. The van der Waals surface area contributed by atoms with E-state index in [2.05, 4.69) is 0 Å². The first-order chi connectivity index (χ1) is 3.67. The fourth-order valence-corrected chi connectivity index (χ4v) is 2.76. The maximum atomic E-state index is 10.6. The van der Waals surface area contributed by atoms with Crippen LogP contribution in [0.4, 0.5) is 0 Å². The molecule has 3 nitrogen and oxygen atoms in total. The lowest BCUT2D eigenvalue weighted by molar-refractivity contribution is 0.380. The van der Waals surface area contributed by atoms with Crippen molar-refractivity contribution < 1.29 is 13.2 Å². The monoisotopic (exact) mass is 134 g/mol. The minimum Gasteiger partial charge on any atom is -0.367 e. The van der Waals surface area contributed by atoms with E-state index < -0.39 is 9.84 Å². The largest absolute Gasteiger partial charge is 0.367 e. The number of hydrogen-bond acceptors (Lipinski definition) is 3. The SMILES string of the molecule is O=S1(=O)C[C@@H]2O[C@@H]2C1. The first kappa shape index (κ1) is 4.76. The van der Waals surface area contributed by atoms with Crippen molar-refractivity contribution in [1.82, 2.24) is 0 Å². The first-order valence-corrected chi connectivity index (χ1v) is 4.35. The molecule has 0 N–H and O–H groups in total. The zero-order valence-corrected chi connectivity index (χ0v) is 5.02. The van der Waals surface area contributed by atoms with Crippen molar-refractivity contribution in [2.24, 2.45) is 0 Å². The highest BCUT2D eigenvalue weighted by Gasteiger charge is 2.51. The lowest BCUT2D eigenvalue weighted by Crippen LogP contribution is -2.07. The van der Waals surface area contributed by atoms with Crippen molar-refractivity contribution in [3.63, 3.8) is 0 Å². The standard InChI is InChI=1S/C4H6O3S/c5-8(6)1-3-4(2-8)7-3/h3-4H,1-2H2/t3-,4+. The van der Waals surface area contributed by atoms with Gasteiger partial charge in [-0.15, -0.1) is 0 Å². The molecule has 8 heavy (non-hydrogen) atoms. The van der Waals surface area contributed by atoms with Gasteiger partial charge in [0.1, 0.15) is 0 Å². The van der Waals surface area contributed by atoms with Crippen LogP contribution in [0.5, 0.6) is 0 Å². The third-order valence-electron chi connectivity index (χ3n) is 1.52. The topological polar surface area (TPSA) is 46.7 Å². The van der Waals surface area contributed by atoms with Crippen molar-refractivity contribution in [3.05, 3.63) is 0 Å². The summed E-state index contributed by atoms with van der Waals surface area (Å²) in [7, 11) is -2.67. The molecule has 0 unspecified atom stereocenters. The van der Waals surface area contributed by atoms with Gasteiger partial charge in [0, 0.05) is 0 Å². The Kier molecular flexibility index (Phi) is 0.646. The predicted octanol–water partition coefficient (Wildman–Crippen LogP) is -0.818. The van der Waals surface area contributed by atoms with Gasteiger partial charge in [-0.2, -0.15) is 0 Å². The van der Waals surface area contributed by atoms with Crippen molar-refractivity contribution in [3.8, 4) is 0 Å². The van der Waals surface area contributed by atoms with E-state index in [4.69, 9.17) is 4.74 Å². The Bertz CT molecular complexity index is 189. The van der Waals surface area contributed by atoms with Gasteiger partial charge in [0.2, 0.25) is 0 Å². The molecule has 0 spiro atoms. The van der Waals surface area contributed by atoms with E-state index >= 15 is 0 Å². The van der Waals surface area contributed by atoms with Crippen LogP contribution in [0.3, 0.4) is 0 Å². The first-order valence-electron chi connectivity index (χ1n) is 2.53. The molecule has 2 saturated heterocycles.